The highest BCUT2D eigenvalue weighted by Crippen LogP contribution is 2.38. The number of morpholine rings is 1. The van der Waals surface area contributed by atoms with E-state index in [0.29, 0.717) is 26.4 Å². The van der Waals surface area contributed by atoms with Crippen LogP contribution in [0.1, 0.15) is 40.4 Å². The van der Waals surface area contributed by atoms with Crippen LogP contribution >= 0.6 is 0 Å². The first-order chi connectivity index (χ1) is 17.4. The maximum atomic E-state index is 11.1. The van der Waals surface area contributed by atoms with Gasteiger partial charge in [-0.05, 0) is 43.5 Å². The van der Waals surface area contributed by atoms with Crippen molar-refractivity contribution in [2.24, 2.45) is 0 Å². The third-order valence-electron chi connectivity index (χ3n) is 7.07. The Morgan fingerprint density at radius 3 is 2.58 bits per heavy atom. The second-order valence-electron chi connectivity index (χ2n) is 9.47. The van der Waals surface area contributed by atoms with E-state index >= 15 is 0 Å². The molecule has 3 heterocycles. The number of anilines is 2. The van der Waals surface area contributed by atoms with Gasteiger partial charge in [0.15, 0.2) is 0 Å². The van der Waals surface area contributed by atoms with E-state index in [1.807, 2.05) is 18.2 Å². The van der Waals surface area contributed by atoms with Crippen LogP contribution in [0.25, 0.3) is 11.1 Å². The van der Waals surface area contributed by atoms with E-state index in [4.69, 9.17) is 24.5 Å². The lowest BCUT2D eigenvalue weighted by molar-refractivity contribution is -0.137. The summed E-state index contributed by atoms with van der Waals surface area (Å²) in [6.07, 6.45) is 0.0851. The molecule has 3 aromatic rings. The normalized spacial score (nSPS) is 17.0. The van der Waals surface area contributed by atoms with E-state index in [1.165, 1.54) is 11.1 Å². The zero-order valence-corrected chi connectivity index (χ0v) is 21.0. The molecule has 2 aliphatic rings. The Morgan fingerprint density at radius 2 is 1.86 bits per heavy atom. The van der Waals surface area contributed by atoms with Gasteiger partial charge in [0.05, 0.1) is 37.6 Å². The van der Waals surface area contributed by atoms with Crippen LogP contribution in [0.2, 0.25) is 0 Å². The first-order valence-corrected chi connectivity index (χ1v) is 12.4. The maximum Gasteiger partial charge on any atom is 0.304 e. The molecule has 2 aromatic carbocycles. The molecule has 2 N–H and O–H groups in total. The van der Waals surface area contributed by atoms with Gasteiger partial charge in [-0.25, -0.2) is 9.97 Å². The molecule has 5 rings (SSSR count). The van der Waals surface area contributed by atoms with Gasteiger partial charge in [0.25, 0.3) is 0 Å². The van der Waals surface area contributed by atoms with Crippen LogP contribution in [0.5, 0.6) is 5.75 Å². The topological polar surface area (TPSA) is 96.8 Å². The second kappa shape index (κ2) is 10.1. The van der Waals surface area contributed by atoms with Gasteiger partial charge in [0.2, 0.25) is 5.95 Å². The van der Waals surface area contributed by atoms with Crippen LogP contribution < -0.4 is 15.0 Å². The predicted molar refractivity (Wildman–Crippen MR) is 139 cm³/mol. The average molecular weight is 489 g/mol. The van der Waals surface area contributed by atoms with E-state index in [1.54, 1.807) is 0 Å². The molecule has 0 saturated carbocycles. The number of rotatable bonds is 7. The fraction of sp³-hybridized carbons (Fsp3) is 0.393. The quantitative estimate of drug-likeness (QED) is 0.503. The molecule has 1 aromatic heterocycles. The monoisotopic (exact) mass is 488 g/mol. The summed E-state index contributed by atoms with van der Waals surface area (Å²) in [6.45, 7) is 10.4. The maximum absolute atomic E-state index is 11.1. The first kappa shape index (κ1) is 24.1. The zero-order chi connectivity index (χ0) is 25.2. The number of carboxylic acids is 1. The molecule has 8 nitrogen and oxygen atoms in total. The number of hydrogen-bond donors (Lipinski definition) is 2. The molecule has 0 aliphatic carbocycles. The fourth-order valence-corrected chi connectivity index (χ4v) is 5.10. The Labute approximate surface area is 211 Å². The summed E-state index contributed by atoms with van der Waals surface area (Å²) in [5.74, 6) is 0.645. The first-order valence-electron chi connectivity index (χ1n) is 12.4. The molecule has 0 amide bonds. The van der Waals surface area contributed by atoms with Gasteiger partial charge in [-0.1, -0.05) is 24.3 Å². The molecule has 1 fully saturated rings. The molecule has 8 heteroatoms. The number of aromatic nitrogens is 2. The molecular formula is C28H32N4O4. The smallest absolute Gasteiger partial charge is 0.304 e. The summed E-state index contributed by atoms with van der Waals surface area (Å²) < 4.78 is 11.2. The lowest BCUT2D eigenvalue weighted by Crippen LogP contribution is -2.37. The Bertz CT molecular complexity index is 1260. The van der Waals surface area contributed by atoms with Gasteiger partial charge in [-0.3, -0.25) is 4.79 Å². The minimum Gasteiger partial charge on any atom is -0.493 e. The Kier molecular flexibility index (Phi) is 6.78. The van der Waals surface area contributed by atoms with Crippen molar-refractivity contribution in [3.05, 3.63) is 64.5 Å². The average Bonchev–Trinajstić information content (AvgIpc) is 3.25. The number of fused-ring (bicyclic) bond motifs is 1. The largest absolute Gasteiger partial charge is 0.493 e. The summed E-state index contributed by atoms with van der Waals surface area (Å²) in [5.41, 5.74) is 8.47. The number of benzene rings is 2. The lowest BCUT2D eigenvalue weighted by atomic mass is 9.94. The summed E-state index contributed by atoms with van der Waals surface area (Å²) in [7, 11) is 0. The van der Waals surface area contributed by atoms with Gasteiger partial charge in [-0.15, -0.1) is 0 Å². The van der Waals surface area contributed by atoms with Crippen molar-refractivity contribution >= 4 is 17.6 Å². The highest BCUT2D eigenvalue weighted by molar-refractivity contribution is 5.73. The summed E-state index contributed by atoms with van der Waals surface area (Å²) in [5, 5.41) is 12.6. The highest BCUT2D eigenvalue weighted by atomic mass is 16.5. The van der Waals surface area contributed by atoms with Crippen molar-refractivity contribution in [2.75, 3.05) is 43.1 Å². The fourth-order valence-electron chi connectivity index (χ4n) is 5.10. The van der Waals surface area contributed by atoms with Crippen molar-refractivity contribution in [2.45, 2.75) is 39.7 Å². The molecule has 0 radical (unpaired) electrons. The van der Waals surface area contributed by atoms with Crippen molar-refractivity contribution in [1.29, 1.82) is 0 Å². The van der Waals surface area contributed by atoms with Gasteiger partial charge >= 0.3 is 5.97 Å². The van der Waals surface area contributed by atoms with Crippen molar-refractivity contribution in [3.8, 4) is 16.9 Å². The van der Waals surface area contributed by atoms with Crippen LogP contribution in [0.3, 0.4) is 0 Å². The summed E-state index contributed by atoms with van der Waals surface area (Å²) >= 11 is 0. The number of nitrogens with one attached hydrogen (secondary N) is 1. The predicted octanol–water partition coefficient (Wildman–Crippen LogP) is 4.47. The van der Waals surface area contributed by atoms with E-state index in [9.17, 15) is 4.79 Å². The van der Waals surface area contributed by atoms with Gasteiger partial charge < -0.3 is 24.8 Å². The number of aryl methyl sites for hydroxylation is 2. The molecule has 36 heavy (non-hydrogen) atoms. The van der Waals surface area contributed by atoms with E-state index in [-0.39, 0.29) is 12.3 Å². The second-order valence-corrected chi connectivity index (χ2v) is 9.47. The third kappa shape index (κ3) is 4.86. The SMILES string of the molecule is Cc1nc(N2CCOCC2)nc(C)c1-c1cccc(CNc2ccc3c(c2)OC[C@H]3CC(=O)O)c1C. The number of carboxylic acid groups (broad SMARTS) is 1. The summed E-state index contributed by atoms with van der Waals surface area (Å²) in [4.78, 5) is 23.0. The van der Waals surface area contributed by atoms with Crippen LogP contribution in [0.15, 0.2) is 36.4 Å². The molecule has 0 bridgehead atoms. The van der Waals surface area contributed by atoms with Crippen molar-refractivity contribution < 1.29 is 19.4 Å². The number of hydrogen-bond acceptors (Lipinski definition) is 7. The number of ether oxygens (including phenoxy) is 2. The number of nitrogens with zero attached hydrogens (tertiary/aromatic N) is 3. The van der Waals surface area contributed by atoms with Crippen molar-refractivity contribution in [3.63, 3.8) is 0 Å². The highest BCUT2D eigenvalue weighted by Gasteiger charge is 2.26. The van der Waals surface area contributed by atoms with E-state index in [2.05, 4.69) is 49.2 Å². The Balaban J connectivity index is 1.34. The van der Waals surface area contributed by atoms with Crippen LogP contribution in [-0.4, -0.2) is 54.0 Å². The lowest BCUT2D eigenvalue weighted by Gasteiger charge is -2.27. The third-order valence-corrected chi connectivity index (χ3v) is 7.07. The van der Waals surface area contributed by atoms with Crippen LogP contribution in [-0.2, 0) is 16.1 Å². The Hall–Kier alpha value is -3.65. The molecular weight excluding hydrogens is 456 g/mol. The van der Waals surface area contributed by atoms with Gasteiger partial charge in [-0.2, -0.15) is 0 Å². The van der Waals surface area contributed by atoms with Crippen LogP contribution in [0.4, 0.5) is 11.6 Å². The van der Waals surface area contributed by atoms with Crippen LogP contribution in [0, 0.1) is 20.8 Å². The minimum absolute atomic E-state index is 0.0851. The zero-order valence-electron chi connectivity index (χ0n) is 21.0. The molecule has 0 spiro atoms. The molecule has 1 atom stereocenters. The summed E-state index contributed by atoms with van der Waals surface area (Å²) in [6, 6.07) is 12.3. The minimum atomic E-state index is -0.805. The standard InChI is InChI=1S/C28H32N4O4/c1-17-20(15-29-22-7-8-24-21(13-26(33)34)16-36-25(24)14-22)5-4-6-23(17)27-18(2)30-28(31-19(27)3)32-9-11-35-12-10-32/h4-8,14,21,29H,9-13,15-16H2,1-3H3,(H,33,34)/t21-/m1/s1. The van der Waals surface area contributed by atoms with Crippen molar-refractivity contribution in [1.82, 2.24) is 9.97 Å². The molecule has 0 unspecified atom stereocenters. The van der Waals surface area contributed by atoms with E-state index < -0.39 is 5.97 Å². The molecule has 2 aliphatic heterocycles. The molecule has 1 saturated heterocycles. The van der Waals surface area contributed by atoms with Gasteiger partial charge in [0, 0.05) is 48.4 Å². The van der Waals surface area contributed by atoms with Gasteiger partial charge in [0.1, 0.15) is 5.75 Å². The molecule has 188 valence electrons. The Morgan fingerprint density at radius 1 is 1.11 bits per heavy atom. The number of aliphatic carboxylic acids is 1. The van der Waals surface area contributed by atoms with E-state index in [0.717, 1.165) is 58.6 Å². The number of carbonyl (C=O) groups is 1.